The van der Waals surface area contributed by atoms with Crippen molar-refractivity contribution in [1.82, 2.24) is 10.6 Å². The zero-order valence-corrected chi connectivity index (χ0v) is 8.60. The SMILES string of the molecule is NCCCNC(=O)NC(CC(=O)O)C(=O)O. The number of aliphatic carboxylic acids is 2. The van der Waals surface area contributed by atoms with Gasteiger partial charge in [-0.1, -0.05) is 0 Å². The van der Waals surface area contributed by atoms with E-state index in [1.807, 2.05) is 5.32 Å². The predicted molar refractivity (Wildman–Crippen MR) is 53.9 cm³/mol. The standard InChI is InChI=1S/C8H15N3O5/c9-2-1-3-10-8(16)11-5(7(14)15)4-6(12)13/h5H,1-4,9H2,(H,12,13)(H,14,15)(H2,10,11,16). The molecule has 0 aromatic heterocycles. The van der Waals surface area contributed by atoms with Gasteiger partial charge in [0.1, 0.15) is 6.04 Å². The molecule has 0 radical (unpaired) electrons. The minimum atomic E-state index is -1.43. The molecule has 8 heteroatoms. The van der Waals surface area contributed by atoms with Gasteiger partial charge in [0.2, 0.25) is 0 Å². The van der Waals surface area contributed by atoms with Gasteiger partial charge < -0.3 is 26.6 Å². The molecule has 1 unspecified atom stereocenters. The Bertz CT molecular complexity index is 268. The van der Waals surface area contributed by atoms with Gasteiger partial charge in [0.05, 0.1) is 6.42 Å². The number of nitrogens with one attached hydrogen (secondary N) is 2. The summed E-state index contributed by atoms with van der Waals surface area (Å²) >= 11 is 0. The molecule has 16 heavy (non-hydrogen) atoms. The molecule has 0 saturated heterocycles. The molecule has 8 nitrogen and oxygen atoms in total. The van der Waals surface area contributed by atoms with Crippen LogP contribution in [0.2, 0.25) is 0 Å². The Kier molecular flexibility index (Phi) is 6.61. The number of urea groups is 1. The molecule has 0 aliphatic rings. The molecule has 0 aromatic carbocycles. The average Bonchev–Trinajstić information content (AvgIpc) is 2.16. The summed E-state index contributed by atoms with van der Waals surface area (Å²) in [6.45, 7) is 0.708. The van der Waals surface area contributed by atoms with Crippen molar-refractivity contribution in [2.24, 2.45) is 5.73 Å². The normalized spacial score (nSPS) is 11.6. The van der Waals surface area contributed by atoms with Gasteiger partial charge in [-0.25, -0.2) is 9.59 Å². The van der Waals surface area contributed by atoms with Gasteiger partial charge in [0.15, 0.2) is 0 Å². The van der Waals surface area contributed by atoms with Crippen molar-refractivity contribution in [3.63, 3.8) is 0 Å². The highest BCUT2D eigenvalue weighted by atomic mass is 16.4. The lowest BCUT2D eigenvalue weighted by molar-refractivity contribution is -0.145. The van der Waals surface area contributed by atoms with Crippen molar-refractivity contribution in [2.75, 3.05) is 13.1 Å². The Morgan fingerprint density at radius 3 is 2.31 bits per heavy atom. The molecule has 0 aromatic rings. The van der Waals surface area contributed by atoms with Crippen molar-refractivity contribution in [3.05, 3.63) is 0 Å². The van der Waals surface area contributed by atoms with E-state index in [0.717, 1.165) is 0 Å². The van der Waals surface area contributed by atoms with Gasteiger partial charge >= 0.3 is 18.0 Å². The number of hydrogen-bond acceptors (Lipinski definition) is 4. The van der Waals surface area contributed by atoms with Crippen LogP contribution in [0.3, 0.4) is 0 Å². The van der Waals surface area contributed by atoms with Gasteiger partial charge in [-0.3, -0.25) is 4.79 Å². The van der Waals surface area contributed by atoms with Crippen LogP contribution in [0.1, 0.15) is 12.8 Å². The van der Waals surface area contributed by atoms with Crippen LogP contribution in [-0.4, -0.2) is 47.3 Å². The third-order valence-corrected chi connectivity index (χ3v) is 1.65. The van der Waals surface area contributed by atoms with E-state index >= 15 is 0 Å². The molecule has 0 heterocycles. The van der Waals surface area contributed by atoms with E-state index in [0.29, 0.717) is 19.5 Å². The number of carbonyl (C=O) groups is 3. The quantitative estimate of drug-likeness (QED) is 0.341. The monoisotopic (exact) mass is 233 g/mol. The molecule has 6 N–H and O–H groups in total. The van der Waals surface area contributed by atoms with E-state index in [4.69, 9.17) is 15.9 Å². The van der Waals surface area contributed by atoms with Crippen LogP contribution in [0.25, 0.3) is 0 Å². The van der Waals surface area contributed by atoms with Crippen molar-refractivity contribution in [1.29, 1.82) is 0 Å². The topological polar surface area (TPSA) is 142 Å². The average molecular weight is 233 g/mol. The summed E-state index contributed by atoms with van der Waals surface area (Å²) in [7, 11) is 0. The molecule has 92 valence electrons. The van der Waals surface area contributed by atoms with E-state index in [2.05, 4.69) is 5.32 Å². The Morgan fingerprint density at radius 2 is 1.88 bits per heavy atom. The van der Waals surface area contributed by atoms with Gasteiger partial charge in [0.25, 0.3) is 0 Å². The summed E-state index contributed by atoms with van der Waals surface area (Å²) in [5.74, 6) is -2.69. The fourth-order valence-electron chi connectivity index (χ4n) is 0.888. The second-order valence-electron chi connectivity index (χ2n) is 3.03. The van der Waals surface area contributed by atoms with Crippen LogP contribution in [0.5, 0.6) is 0 Å². The Morgan fingerprint density at radius 1 is 1.25 bits per heavy atom. The maximum absolute atomic E-state index is 11.1. The van der Waals surface area contributed by atoms with Gasteiger partial charge in [-0.05, 0) is 13.0 Å². The van der Waals surface area contributed by atoms with Crippen molar-refractivity contribution < 1.29 is 24.6 Å². The van der Waals surface area contributed by atoms with Gasteiger partial charge in [-0.15, -0.1) is 0 Å². The van der Waals surface area contributed by atoms with E-state index in [9.17, 15) is 14.4 Å². The number of rotatable bonds is 7. The highest BCUT2D eigenvalue weighted by Crippen LogP contribution is 1.92. The van der Waals surface area contributed by atoms with Gasteiger partial charge in [-0.2, -0.15) is 0 Å². The maximum Gasteiger partial charge on any atom is 0.326 e. The maximum atomic E-state index is 11.1. The van der Waals surface area contributed by atoms with Crippen LogP contribution < -0.4 is 16.4 Å². The Balaban J connectivity index is 4.03. The van der Waals surface area contributed by atoms with Crippen molar-refractivity contribution in [2.45, 2.75) is 18.9 Å². The van der Waals surface area contributed by atoms with Crippen LogP contribution in [-0.2, 0) is 9.59 Å². The van der Waals surface area contributed by atoms with E-state index in [1.54, 1.807) is 0 Å². The molecule has 0 aliphatic carbocycles. The summed E-state index contributed by atoms with van der Waals surface area (Å²) in [6.07, 6.45) is -0.107. The van der Waals surface area contributed by atoms with E-state index in [1.165, 1.54) is 0 Å². The Hall–Kier alpha value is -1.83. The van der Waals surface area contributed by atoms with Crippen LogP contribution in [0, 0.1) is 0 Å². The second kappa shape index (κ2) is 7.46. The number of carboxylic acids is 2. The Labute approximate surface area is 91.8 Å². The highest BCUT2D eigenvalue weighted by Gasteiger charge is 2.22. The third kappa shape index (κ3) is 6.60. The lowest BCUT2D eigenvalue weighted by atomic mass is 10.2. The molecule has 0 rings (SSSR count). The summed E-state index contributed by atoms with van der Waals surface area (Å²) < 4.78 is 0. The molecular weight excluding hydrogens is 218 g/mol. The number of amides is 2. The zero-order valence-electron chi connectivity index (χ0n) is 8.60. The number of hydrogen-bond donors (Lipinski definition) is 5. The molecule has 0 saturated carbocycles. The lowest BCUT2D eigenvalue weighted by Gasteiger charge is -2.12. The largest absolute Gasteiger partial charge is 0.481 e. The first-order valence-electron chi connectivity index (χ1n) is 4.66. The van der Waals surface area contributed by atoms with Crippen molar-refractivity contribution in [3.8, 4) is 0 Å². The molecule has 2 amide bonds. The molecule has 0 fully saturated rings. The zero-order chi connectivity index (χ0) is 12.6. The smallest absolute Gasteiger partial charge is 0.326 e. The third-order valence-electron chi connectivity index (χ3n) is 1.65. The van der Waals surface area contributed by atoms with Crippen LogP contribution >= 0.6 is 0 Å². The second-order valence-corrected chi connectivity index (χ2v) is 3.03. The predicted octanol–water partition coefficient (Wildman–Crippen LogP) is -1.44. The van der Waals surface area contributed by atoms with Crippen LogP contribution in [0.4, 0.5) is 4.79 Å². The van der Waals surface area contributed by atoms with E-state index < -0.39 is 30.4 Å². The summed E-state index contributed by atoms with van der Waals surface area (Å²) in [4.78, 5) is 32.0. The first kappa shape index (κ1) is 14.2. The molecule has 0 aliphatic heterocycles. The molecule has 0 spiro atoms. The number of carboxylic acid groups (broad SMARTS) is 2. The molecule has 1 atom stereocenters. The first-order chi connectivity index (χ1) is 7.47. The number of nitrogens with two attached hydrogens (primary N) is 1. The highest BCUT2D eigenvalue weighted by molar-refractivity contribution is 5.86. The number of carbonyl (C=O) groups excluding carboxylic acids is 1. The summed E-state index contributed by atoms with van der Waals surface area (Å²) in [5.41, 5.74) is 5.19. The minimum Gasteiger partial charge on any atom is -0.481 e. The minimum absolute atomic E-state index is 0.307. The van der Waals surface area contributed by atoms with Crippen LogP contribution in [0.15, 0.2) is 0 Å². The fourth-order valence-corrected chi connectivity index (χ4v) is 0.888. The van der Waals surface area contributed by atoms with Crippen molar-refractivity contribution >= 4 is 18.0 Å². The van der Waals surface area contributed by atoms with E-state index in [-0.39, 0.29) is 0 Å². The molecular formula is C8H15N3O5. The fraction of sp³-hybridized carbons (Fsp3) is 0.625. The molecule has 0 bridgehead atoms. The summed E-state index contributed by atoms with van der Waals surface area (Å²) in [5, 5.41) is 21.4. The van der Waals surface area contributed by atoms with Gasteiger partial charge in [0, 0.05) is 6.54 Å². The summed E-state index contributed by atoms with van der Waals surface area (Å²) in [6, 6.07) is -2.16. The first-order valence-corrected chi connectivity index (χ1v) is 4.66. The lowest BCUT2D eigenvalue weighted by Crippen LogP contribution is -2.47.